The Morgan fingerprint density at radius 2 is 1.84 bits per heavy atom. The normalized spacial score (nSPS) is 54.4. The molecule has 2 bridgehead atoms. The van der Waals surface area contributed by atoms with E-state index in [1.165, 1.54) is 0 Å². The van der Waals surface area contributed by atoms with Crippen LogP contribution in [0.2, 0.25) is 0 Å². The molecule has 0 aromatic carbocycles. The topological polar surface area (TPSA) is 54.0 Å². The second-order valence-electron chi connectivity index (χ2n) is 9.54. The minimum atomic E-state index is -0.669. The van der Waals surface area contributed by atoms with Gasteiger partial charge in [-0.2, -0.15) is 0 Å². The molecule has 3 heterocycles. The van der Waals surface area contributed by atoms with Gasteiger partial charge in [-0.1, -0.05) is 26.8 Å². The van der Waals surface area contributed by atoms with Crippen molar-refractivity contribution in [3.63, 3.8) is 0 Å². The van der Waals surface area contributed by atoms with Gasteiger partial charge in [-0.05, 0) is 24.7 Å². The second-order valence-corrected chi connectivity index (χ2v) is 9.54. The van der Waals surface area contributed by atoms with Crippen LogP contribution in [0, 0.1) is 28.6 Å². The summed E-state index contributed by atoms with van der Waals surface area (Å²) >= 11 is 0. The van der Waals surface area contributed by atoms with Gasteiger partial charge < -0.3 is 18.9 Å². The summed E-state index contributed by atoms with van der Waals surface area (Å²) in [6.45, 7) is 14.4. The van der Waals surface area contributed by atoms with Gasteiger partial charge in [0.15, 0.2) is 5.79 Å². The summed E-state index contributed by atoms with van der Waals surface area (Å²) in [5.74, 6) is -0.372. The first-order chi connectivity index (χ1) is 11.7. The van der Waals surface area contributed by atoms with Crippen molar-refractivity contribution in [2.75, 3.05) is 13.2 Å². The molecular weight excluding hydrogens is 320 g/mol. The van der Waals surface area contributed by atoms with Crippen LogP contribution in [0.5, 0.6) is 0 Å². The standard InChI is InChI=1S/C20H28O5/c1-6-12-17(2,3)20(22-7-8-23-20)13-10-18(12,4)16-15-11(9-14(21)24-15)25-19(13,16)5/h6,11-13,15-16H,1,7-10H2,2-5H3/t11-,12+,13+,15+,16-,18+,19+/m1/s1. The Balaban J connectivity index is 1.71. The maximum atomic E-state index is 11.9. The van der Waals surface area contributed by atoms with E-state index in [9.17, 15) is 4.79 Å². The summed E-state index contributed by atoms with van der Waals surface area (Å²) in [7, 11) is 0. The Hall–Kier alpha value is -0.910. The lowest BCUT2D eigenvalue weighted by Crippen LogP contribution is -2.62. The van der Waals surface area contributed by atoms with Crippen LogP contribution in [0.25, 0.3) is 0 Å². The summed E-state index contributed by atoms with van der Waals surface area (Å²) in [5, 5.41) is 0. The molecule has 3 aliphatic heterocycles. The third kappa shape index (κ3) is 1.56. The van der Waals surface area contributed by atoms with Crippen molar-refractivity contribution in [1.29, 1.82) is 0 Å². The number of ether oxygens (including phenoxy) is 4. The fourth-order valence-electron chi connectivity index (χ4n) is 7.66. The van der Waals surface area contributed by atoms with Gasteiger partial charge in [0, 0.05) is 17.3 Å². The highest BCUT2D eigenvalue weighted by Crippen LogP contribution is 2.75. The molecule has 0 N–H and O–H groups in total. The number of allylic oxidation sites excluding steroid dienone is 1. The second kappa shape index (κ2) is 4.49. The van der Waals surface area contributed by atoms with Crippen LogP contribution in [-0.2, 0) is 23.7 Å². The van der Waals surface area contributed by atoms with Gasteiger partial charge in [0.25, 0.3) is 0 Å². The molecular formula is C20H28O5. The smallest absolute Gasteiger partial charge is 0.308 e. The van der Waals surface area contributed by atoms with Crippen molar-refractivity contribution >= 4 is 5.97 Å². The van der Waals surface area contributed by atoms with Gasteiger partial charge in [0.1, 0.15) is 12.2 Å². The van der Waals surface area contributed by atoms with Crippen LogP contribution < -0.4 is 0 Å². The zero-order valence-corrected chi connectivity index (χ0v) is 15.5. The van der Waals surface area contributed by atoms with E-state index in [2.05, 4.69) is 40.3 Å². The molecule has 0 radical (unpaired) electrons. The first-order valence-corrected chi connectivity index (χ1v) is 9.48. The molecule has 5 rings (SSSR count). The highest BCUT2D eigenvalue weighted by molar-refractivity contribution is 5.73. The predicted octanol–water partition coefficient (Wildman–Crippen LogP) is 2.69. The lowest BCUT2D eigenvalue weighted by molar-refractivity contribution is -0.312. The van der Waals surface area contributed by atoms with Crippen molar-refractivity contribution in [3.8, 4) is 0 Å². The van der Waals surface area contributed by atoms with Crippen LogP contribution in [0.4, 0.5) is 0 Å². The van der Waals surface area contributed by atoms with Crippen LogP contribution in [-0.4, -0.2) is 42.8 Å². The number of hydrogen-bond acceptors (Lipinski definition) is 5. The number of rotatable bonds is 1. The summed E-state index contributed by atoms with van der Waals surface area (Å²) in [4.78, 5) is 11.9. The van der Waals surface area contributed by atoms with Crippen LogP contribution in [0.15, 0.2) is 12.7 Å². The van der Waals surface area contributed by atoms with E-state index in [-0.39, 0.29) is 46.8 Å². The number of carbonyl (C=O) groups excluding carboxylic acids is 1. The number of esters is 1. The molecule has 0 amide bonds. The van der Waals surface area contributed by atoms with Crippen LogP contribution >= 0.6 is 0 Å². The molecule has 0 unspecified atom stereocenters. The summed E-state index contributed by atoms with van der Waals surface area (Å²) in [6, 6.07) is 0. The Kier molecular flexibility index (Phi) is 2.92. The van der Waals surface area contributed by atoms with E-state index in [0.717, 1.165) is 6.42 Å². The quantitative estimate of drug-likeness (QED) is 0.539. The van der Waals surface area contributed by atoms with Gasteiger partial charge in [-0.3, -0.25) is 4.79 Å². The molecule has 0 aromatic heterocycles. The number of carbonyl (C=O) groups is 1. The molecule has 1 spiro atoms. The molecule has 5 nitrogen and oxygen atoms in total. The lowest BCUT2D eigenvalue weighted by atomic mass is 9.52. The average Bonchev–Trinajstić information content (AvgIpc) is 3.20. The van der Waals surface area contributed by atoms with E-state index >= 15 is 0 Å². The molecule has 5 aliphatic rings. The monoisotopic (exact) mass is 348 g/mol. The largest absolute Gasteiger partial charge is 0.459 e. The Bertz CT molecular complexity index is 650. The number of hydrogen-bond donors (Lipinski definition) is 0. The van der Waals surface area contributed by atoms with Gasteiger partial charge in [-0.25, -0.2) is 0 Å². The molecule has 7 atom stereocenters. The van der Waals surface area contributed by atoms with Crippen molar-refractivity contribution in [1.82, 2.24) is 0 Å². The number of fused-ring (bicyclic) bond motifs is 8. The molecule has 2 saturated carbocycles. The van der Waals surface area contributed by atoms with E-state index < -0.39 is 11.4 Å². The van der Waals surface area contributed by atoms with Crippen LogP contribution in [0.1, 0.15) is 40.5 Å². The van der Waals surface area contributed by atoms with Gasteiger partial charge in [0.2, 0.25) is 0 Å². The minimum Gasteiger partial charge on any atom is -0.459 e. The summed E-state index contributed by atoms with van der Waals surface area (Å²) < 4.78 is 25.1. The molecule has 5 fully saturated rings. The summed E-state index contributed by atoms with van der Waals surface area (Å²) in [6.07, 6.45) is 3.06. The Morgan fingerprint density at radius 3 is 2.48 bits per heavy atom. The van der Waals surface area contributed by atoms with Crippen molar-refractivity contribution in [2.45, 2.75) is 64.1 Å². The molecule has 25 heavy (non-hydrogen) atoms. The lowest BCUT2D eigenvalue weighted by Gasteiger charge is -2.58. The molecule has 0 aromatic rings. The molecule has 2 aliphatic carbocycles. The zero-order valence-electron chi connectivity index (χ0n) is 15.5. The average molecular weight is 348 g/mol. The SMILES string of the molecule is C=C[C@H]1C(C)(C)C2(OCCO2)[C@H]2C[C@]1(C)[C@H]1[C@H]3OC(=O)C[C@H]3O[C@@]21C. The predicted molar refractivity (Wildman–Crippen MR) is 89.6 cm³/mol. The Morgan fingerprint density at radius 1 is 1.16 bits per heavy atom. The first kappa shape index (κ1) is 16.3. The highest BCUT2D eigenvalue weighted by atomic mass is 16.7. The fraction of sp³-hybridized carbons (Fsp3) is 0.850. The van der Waals surface area contributed by atoms with Crippen molar-refractivity contribution in [2.24, 2.45) is 28.6 Å². The molecule has 138 valence electrons. The van der Waals surface area contributed by atoms with Crippen molar-refractivity contribution in [3.05, 3.63) is 12.7 Å². The van der Waals surface area contributed by atoms with Gasteiger partial charge in [-0.15, -0.1) is 6.58 Å². The maximum absolute atomic E-state index is 11.9. The molecule has 5 heteroatoms. The van der Waals surface area contributed by atoms with Gasteiger partial charge in [0.05, 0.1) is 25.2 Å². The highest BCUT2D eigenvalue weighted by Gasteiger charge is 2.81. The summed E-state index contributed by atoms with van der Waals surface area (Å²) in [5.41, 5.74) is -0.711. The minimum absolute atomic E-state index is 0.0603. The van der Waals surface area contributed by atoms with E-state index in [1.807, 2.05) is 0 Å². The van der Waals surface area contributed by atoms with E-state index in [1.54, 1.807) is 0 Å². The fourth-order valence-corrected chi connectivity index (χ4v) is 7.66. The third-order valence-corrected chi connectivity index (χ3v) is 8.20. The van der Waals surface area contributed by atoms with Crippen molar-refractivity contribution < 1.29 is 23.7 Å². The zero-order chi connectivity index (χ0) is 17.8. The Labute approximate surface area is 149 Å². The van der Waals surface area contributed by atoms with E-state index in [0.29, 0.717) is 19.6 Å². The molecule has 3 saturated heterocycles. The maximum Gasteiger partial charge on any atom is 0.308 e. The first-order valence-electron chi connectivity index (χ1n) is 9.48. The van der Waals surface area contributed by atoms with Gasteiger partial charge >= 0.3 is 5.97 Å². The van der Waals surface area contributed by atoms with Crippen LogP contribution in [0.3, 0.4) is 0 Å². The van der Waals surface area contributed by atoms with E-state index in [4.69, 9.17) is 18.9 Å². The third-order valence-electron chi connectivity index (χ3n) is 8.20.